The van der Waals surface area contributed by atoms with Crippen LogP contribution in [0.15, 0.2) is 48.5 Å². The van der Waals surface area contributed by atoms with Crippen LogP contribution >= 0.6 is 34.2 Å². The fraction of sp³-hybridized carbons (Fsp3) is 0.333. The number of anilines is 2. The van der Waals surface area contributed by atoms with Crippen LogP contribution in [0.25, 0.3) is 10.9 Å². The van der Waals surface area contributed by atoms with E-state index < -0.39 is 0 Å². The van der Waals surface area contributed by atoms with Crippen molar-refractivity contribution >= 4 is 56.9 Å². The smallest absolute Gasteiger partial charge is 0.227 e. The summed E-state index contributed by atoms with van der Waals surface area (Å²) < 4.78 is -0.321. The van der Waals surface area contributed by atoms with Crippen LogP contribution in [-0.2, 0) is 3.55 Å². The lowest BCUT2D eigenvalue weighted by atomic mass is 10.1. The number of hydrogen-bond donors (Lipinski definition) is 1. The molecular formula is C21H22ClIN4. The largest absolute Gasteiger partial charge is 0.351 e. The molecule has 1 aliphatic rings. The molecule has 3 aromatic rings. The third-order valence-corrected chi connectivity index (χ3v) is 6.11. The Labute approximate surface area is 178 Å². The van der Waals surface area contributed by atoms with Crippen LogP contribution in [0.3, 0.4) is 0 Å². The van der Waals surface area contributed by atoms with E-state index in [1.54, 1.807) is 0 Å². The first-order valence-electron chi connectivity index (χ1n) is 9.28. The molecule has 4 nitrogen and oxygen atoms in total. The third-order valence-electron chi connectivity index (χ3n) is 4.97. The maximum absolute atomic E-state index is 6.06. The molecule has 0 bridgehead atoms. The molecule has 1 atom stereocenters. The van der Waals surface area contributed by atoms with E-state index in [0.717, 1.165) is 46.3 Å². The van der Waals surface area contributed by atoms with Gasteiger partial charge in [0.15, 0.2) is 0 Å². The molecule has 0 spiro atoms. The predicted octanol–water partition coefficient (Wildman–Crippen LogP) is 5.99. The molecule has 0 amide bonds. The van der Waals surface area contributed by atoms with Gasteiger partial charge in [-0.2, -0.15) is 4.98 Å². The summed E-state index contributed by atoms with van der Waals surface area (Å²) in [5.41, 5.74) is 2.12. The van der Waals surface area contributed by atoms with Gasteiger partial charge < -0.3 is 10.2 Å². The molecule has 2 aromatic carbocycles. The van der Waals surface area contributed by atoms with Crippen molar-refractivity contribution in [1.82, 2.24) is 9.97 Å². The van der Waals surface area contributed by atoms with Crippen LogP contribution in [0.2, 0.25) is 5.02 Å². The molecule has 1 aliphatic heterocycles. The summed E-state index contributed by atoms with van der Waals surface area (Å²) >= 11 is 8.49. The third kappa shape index (κ3) is 4.14. The number of para-hydroxylation sites is 1. The number of piperidine rings is 1. The van der Waals surface area contributed by atoms with E-state index in [1.165, 1.54) is 19.3 Å². The van der Waals surface area contributed by atoms with Gasteiger partial charge in [-0.15, -0.1) is 0 Å². The van der Waals surface area contributed by atoms with Crippen molar-refractivity contribution < 1.29 is 0 Å². The number of fused-ring (bicyclic) bond motifs is 1. The molecule has 1 N–H and O–H groups in total. The highest BCUT2D eigenvalue weighted by molar-refractivity contribution is 14.1. The molecule has 2 heterocycles. The fourth-order valence-electron chi connectivity index (χ4n) is 3.45. The minimum Gasteiger partial charge on any atom is -0.351 e. The highest BCUT2D eigenvalue weighted by Crippen LogP contribution is 2.35. The first-order valence-corrected chi connectivity index (χ1v) is 10.7. The van der Waals surface area contributed by atoms with Gasteiger partial charge in [-0.25, -0.2) is 4.98 Å². The van der Waals surface area contributed by atoms with Crippen molar-refractivity contribution in [2.24, 2.45) is 0 Å². The zero-order valence-electron chi connectivity index (χ0n) is 15.3. The van der Waals surface area contributed by atoms with Gasteiger partial charge in [-0.05, 0) is 78.6 Å². The summed E-state index contributed by atoms with van der Waals surface area (Å²) in [6.07, 6.45) is 3.69. The average molecular weight is 493 g/mol. The number of hydrogen-bond acceptors (Lipinski definition) is 4. The van der Waals surface area contributed by atoms with Gasteiger partial charge in [0.2, 0.25) is 5.95 Å². The summed E-state index contributed by atoms with van der Waals surface area (Å²) in [5, 5.41) is 5.42. The molecule has 140 valence electrons. The molecule has 1 unspecified atom stereocenters. The highest BCUT2D eigenvalue weighted by atomic mass is 127. The molecule has 1 saturated heterocycles. The van der Waals surface area contributed by atoms with Crippen molar-refractivity contribution in [1.29, 1.82) is 0 Å². The van der Waals surface area contributed by atoms with E-state index in [1.807, 2.05) is 24.3 Å². The Morgan fingerprint density at radius 1 is 1.00 bits per heavy atom. The number of aromatic nitrogens is 2. The van der Waals surface area contributed by atoms with E-state index >= 15 is 0 Å². The lowest BCUT2D eigenvalue weighted by Crippen LogP contribution is -2.32. The molecule has 1 fully saturated rings. The highest BCUT2D eigenvalue weighted by Gasteiger charge is 2.25. The molecule has 27 heavy (non-hydrogen) atoms. The first-order chi connectivity index (χ1) is 13.0. The van der Waals surface area contributed by atoms with Crippen LogP contribution in [-0.4, -0.2) is 23.1 Å². The SMILES string of the molecule is CC(I)(Nc1nc(N2CCCCC2)nc2ccccc12)c1ccc(Cl)cc1. The van der Waals surface area contributed by atoms with E-state index in [2.05, 4.69) is 64.0 Å². The summed E-state index contributed by atoms with van der Waals surface area (Å²) in [5.74, 6) is 1.69. The second-order valence-electron chi connectivity index (χ2n) is 7.07. The average Bonchev–Trinajstić information content (AvgIpc) is 2.69. The predicted molar refractivity (Wildman–Crippen MR) is 122 cm³/mol. The maximum Gasteiger partial charge on any atom is 0.227 e. The van der Waals surface area contributed by atoms with Crippen molar-refractivity contribution in [3.63, 3.8) is 0 Å². The Bertz CT molecular complexity index is 937. The Hall–Kier alpha value is -1.60. The molecule has 6 heteroatoms. The minimum absolute atomic E-state index is 0.321. The normalized spacial score (nSPS) is 16.9. The van der Waals surface area contributed by atoms with Crippen molar-refractivity contribution in [2.75, 3.05) is 23.3 Å². The number of nitrogens with one attached hydrogen (secondary N) is 1. The van der Waals surface area contributed by atoms with E-state index in [0.29, 0.717) is 0 Å². The molecule has 0 aliphatic carbocycles. The van der Waals surface area contributed by atoms with Crippen LogP contribution in [0.4, 0.5) is 11.8 Å². The second kappa shape index (κ2) is 7.80. The van der Waals surface area contributed by atoms with E-state index in [-0.39, 0.29) is 3.55 Å². The van der Waals surface area contributed by atoms with Gasteiger partial charge in [0.05, 0.1) is 5.52 Å². The van der Waals surface area contributed by atoms with Crippen LogP contribution < -0.4 is 10.2 Å². The Morgan fingerprint density at radius 3 is 2.44 bits per heavy atom. The molecule has 0 radical (unpaired) electrons. The van der Waals surface area contributed by atoms with Gasteiger partial charge >= 0.3 is 0 Å². The van der Waals surface area contributed by atoms with Gasteiger partial charge in [-0.1, -0.05) is 35.9 Å². The van der Waals surface area contributed by atoms with Crippen LogP contribution in [0, 0.1) is 0 Å². The van der Waals surface area contributed by atoms with Gasteiger partial charge in [0, 0.05) is 23.5 Å². The zero-order chi connectivity index (χ0) is 18.9. The first kappa shape index (κ1) is 18.7. The summed E-state index contributed by atoms with van der Waals surface area (Å²) in [4.78, 5) is 12.1. The number of nitrogens with zero attached hydrogens (tertiary/aromatic N) is 3. The molecular weight excluding hydrogens is 471 g/mol. The van der Waals surface area contributed by atoms with Gasteiger partial charge in [0.25, 0.3) is 0 Å². The number of benzene rings is 2. The molecule has 0 saturated carbocycles. The van der Waals surface area contributed by atoms with Crippen molar-refractivity contribution in [2.45, 2.75) is 29.7 Å². The Balaban J connectivity index is 1.74. The monoisotopic (exact) mass is 492 g/mol. The number of alkyl halides is 1. The Morgan fingerprint density at radius 2 is 1.70 bits per heavy atom. The summed E-state index contributed by atoms with van der Waals surface area (Å²) in [6, 6.07) is 16.1. The van der Waals surface area contributed by atoms with Gasteiger partial charge in [-0.3, -0.25) is 0 Å². The maximum atomic E-state index is 6.06. The zero-order valence-corrected chi connectivity index (χ0v) is 18.2. The van der Waals surface area contributed by atoms with Crippen molar-refractivity contribution in [3.05, 3.63) is 59.1 Å². The van der Waals surface area contributed by atoms with Gasteiger partial charge in [0.1, 0.15) is 9.36 Å². The number of rotatable bonds is 4. The number of halogens is 2. The lowest BCUT2D eigenvalue weighted by molar-refractivity contribution is 0.569. The van der Waals surface area contributed by atoms with Crippen LogP contribution in [0.1, 0.15) is 31.7 Å². The Kier molecular flexibility index (Phi) is 5.41. The van der Waals surface area contributed by atoms with E-state index in [4.69, 9.17) is 21.6 Å². The fourth-order valence-corrected chi connectivity index (χ4v) is 4.19. The summed E-state index contributed by atoms with van der Waals surface area (Å²) in [7, 11) is 0. The quantitative estimate of drug-likeness (QED) is 0.276. The minimum atomic E-state index is -0.321. The van der Waals surface area contributed by atoms with Crippen molar-refractivity contribution in [3.8, 4) is 0 Å². The summed E-state index contributed by atoms with van der Waals surface area (Å²) in [6.45, 7) is 4.20. The topological polar surface area (TPSA) is 41.1 Å². The standard InChI is InChI=1S/C21H22ClIN4/c1-21(23,15-9-11-16(22)12-10-15)26-19-17-7-3-4-8-18(17)24-20(25-19)27-13-5-2-6-14-27/h3-4,7-12H,2,5-6,13-14H2,1H3,(H,24,25,26). The lowest BCUT2D eigenvalue weighted by Gasteiger charge is -2.29. The molecule has 4 rings (SSSR count). The van der Waals surface area contributed by atoms with Crippen LogP contribution in [0.5, 0.6) is 0 Å². The second-order valence-corrected chi connectivity index (χ2v) is 9.67. The molecule has 1 aromatic heterocycles. The van der Waals surface area contributed by atoms with E-state index in [9.17, 15) is 0 Å².